The molecule has 2 rings (SSSR count). The van der Waals surface area contributed by atoms with Crippen LogP contribution < -0.4 is 0 Å². The van der Waals surface area contributed by atoms with E-state index in [1.54, 1.807) is 6.26 Å². The average molecular weight is 305 g/mol. The number of halogens is 2. The van der Waals surface area contributed by atoms with E-state index in [4.69, 9.17) is 23.2 Å². The topological polar surface area (TPSA) is 34.9 Å². The van der Waals surface area contributed by atoms with E-state index in [-0.39, 0.29) is 5.38 Å². The van der Waals surface area contributed by atoms with Gasteiger partial charge in [-0.05, 0) is 25.1 Å². The minimum absolute atomic E-state index is 0.193. The molecule has 18 heavy (non-hydrogen) atoms. The number of nitrogens with zero attached hydrogens (tertiary/aromatic N) is 2. The lowest BCUT2D eigenvalue weighted by atomic mass is 10.3. The number of aromatic nitrogens is 2. The van der Waals surface area contributed by atoms with E-state index in [9.17, 15) is 4.21 Å². The van der Waals surface area contributed by atoms with Gasteiger partial charge in [0, 0.05) is 34.4 Å². The van der Waals surface area contributed by atoms with Crippen molar-refractivity contribution in [2.75, 3.05) is 12.0 Å². The van der Waals surface area contributed by atoms with Gasteiger partial charge in [0.15, 0.2) is 0 Å². The van der Waals surface area contributed by atoms with Gasteiger partial charge in [0.05, 0.1) is 16.4 Å². The van der Waals surface area contributed by atoms with Crippen molar-refractivity contribution < 1.29 is 4.21 Å². The molecule has 98 valence electrons. The molecule has 3 nitrogen and oxygen atoms in total. The normalized spacial score (nSPS) is 14.9. The maximum absolute atomic E-state index is 11.2. The first-order valence-corrected chi connectivity index (χ1v) is 8.13. The predicted octanol–water partition coefficient (Wildman–Crippen LogP) is 3.37. The molecule has 0 spiro atoms. The molecule has 0 saturated heterocycles. The van der Waals surface area contributed by atoms with Gasteiger partial charge in [-0.1, -0.05) is 11.6 Å². The average Bonchev–Trinajstić information content (AvgIpc) is 2.64. The molecule has 1 heterocycles. The molecular formula is C12H14Cl2N2OS. The molecule has 2 unspecified atom stereocenters. The monoisotopic (exact) mass is 304 g/mol. The number of hydrogen-bond acceptors (Lipinski definition) is 2. The SMILES string of the molecule is CC(Cl)c1nc2cc(Cl)ccc2n1CCS(C)=O. The van der Waals surface area contributed by atoms with E-state index < -0.39 is 10.8 Å². The van der Waals surface area contributed by atoms with Gasteiger partial charge in [-0.2, -0.15) is 0 Å². The third-order valence-electron chi connectivity index (χ3n) is 2.70. The lowest BCUT2D eigenvalue weighted by molar-refractivity contribution is 0.672. The van der Waals surface area contributed by atoms with E-state index in [1.165, 1.54) is 0 Å². The summed E-state index contributed by atoms with van der Waals surface area (Å²) in [6.07, 6.45) is 1.69. The number of alkyl halides is 1. The molecular weight excluding hydrogens is 291 g/mol. The minimum atomic E-state index is -0.837. The number of aryl methyl sites for hydroxylation is 1. The number of benzene rings is 1. The van der Waals surface area contributed by atoms with Crippen molar-refractivity contribution in [1.82, 2.24) is 9.55 Å². The highest BCUT2D eigenvalue weighted by Crippen LogP contribution is 2.26. The Morgan fingerprint density at radius 1 is 1.50 bits per heavy atom. The third kappa shape index (κ3) is 2.87. The van der Waals surface area contributed by atoms with Crippen molar-refractivity contribution in [3.63, 3.8) is 0 Å². The molecule has 0 aliphatic carbocycles. The molecule has 2 aromatic rings. The second-order valence-electron chi connectivity index (χ2n) is 4.15. The maximum atomic E-state index is 11.2. The van der Waals surface area contributed by atoms with Crippen LogP contribution in [0.5, 0.6) is 0 Å². The summed E-state index contributed by atoms with van der Waals surface area (Å²) < 4.78 is 13.3. The summed E-state index contributed by atoms with van der Waals surface area (Å²) in [6, 6.07) is 5.57. The lowest BCUT2D eigenvalue weighted by Gasteiger charge is -2.09. The highest BCUT2D eigenvalue weighted by atomic mass is 35.5. The Morgan fingerprint density at radius 3 is 2.83 bits per heavy atom. The smallest absolute Gasteiger partial charge is 0.127 e. The van der Waals surface area contributed by atoms with Crippen LogP contribution in [0, 0.1) is 0 Å². The van der Waals surface area contributed by atoms with Gasteiger partial charge in [-0.3, -0.25) is 4.21 Å². The van der Waals surface area contributed by atoms with Gasteiger partial charge < -0.3 is 4.57 Å². The summed E-state index contributed by atoms with van der Waals surface area (Å²) in [5, 5.41) is 0.460. The Labute approximate surface area is 119 Å². The van der Waals surface area contributed by atoms with Crippen molar-refractivity contribution in [3.05, 3.63) is 29.0 Å². The maximum Gasteiger partial charge on any atom is 0.127 e. The summed E-state index contributed by atoms with van der Waals surface area (Å²) in [6.45, 7) is 2.53. The summed E-state index contributed by atoms with van der Waals surface area (Å²) in [4.78, 5) is 4.50. The van der Waals surface area contributed by atoms with E-state index in [0.29, 0.717) is 17.3 Å². The van der Waals surface area contributed by atoms with E-state index in [0.717, 1.165) is 16.9 Å². The molecule has 0 saturated carbocycles. The van der Waals surface area contributed by atoms with Crippen molar-refractivity contribution in [3.8, 4) is 0 Å². The van der Waals surface area contributed by atoms with Crippen LogP contribution in [-0.2, 0) is 17.3 Å². The molecule has 0 fully saturated rings. The first kappa shape index (κ1) is 13.8. The second-order valence-corrected chi connectivity index (χ2v) is 6.79. The fourth-order valence-electron chi connectivity index (χ4n) is 1.88. The number of hydrogen-bond donors (Lipinski definition) is 0. The van der Waals surface area contributed by atoms with Gasteiger partial charge in [-0.25, -0.2) is 4.98 Å². The van der Waals surface area contributed by atoms with Crippen molar-refractivity contribution in [1.29, 1.82) is 0 Å². The molecule has 0 aliphatic heterocycles. The molecule has 1 aromatic carbocycles. The lowest BCUT2D eigenvalue weighted by Crippen LogP contribution is -2.10. The van der Waals surface area contributed by atoms with Crippen molar-refractivity contribution in [2.45, 2.75) is 18.8 Å². The Hall–Kier alpha value is -0.580. The quantitative estimate of drug-likeness (QED) is 0.812. The largest absolute Gasteiger partial charge is 0.326 e. The molecule has 0 aliphatic rings. The fourth-order valence-corrected chi connectivity index (χ4v) is 2.65. The van der Waals surface area contributed by atoms with Crippen LogP contribution in [0.2, 0.25) is 5.02 Å². The van der Waals surface area contributed by atoms with E-state index >= 15 is 0 Å². The summed E-state index contributed by atoms with van der Waals surface area (Å²) in [7, 11) is -0.837. The van der Waals surface area contributed by atoms with Gasteiger partial charge in [-0.15, -0.1) is 11.6 Å². The predicted molar refractivity (Wildman–Crippen MR) is 77.9 cm³/mol. The Balaban J connectivity index is 2.52. The Bertz CT molecular complexity index is 595. The van der Waals surface area contributed by atoms with Crippen molar-refractivity contribution >= 4 is 45.0 Å². The van der Waals surface area contributed by atoms with Crippen LogP contribution in [0.25, 0.3) is 11.0 Å². The number of imidazole rings is 1. The molecule has 0 bridgehead atoms. The highest BCUT2D eigenvalue weighted by Gasteiger charge is 2.15. The summed E-state index contributed by atoms with van der Waals surface area (Å²) in [5.74, 6) is 1.38. The zero-order valence-corrected chi connectivity index (χ0v) is 12.5. The highest BCUT2D eigenvalue weighted by molar-refractivity contribution is 7.84. The second kappa shape index (κ2) is 5.59. The van der Waals surface area contributed by atoms with Crippen LogP contribution >= 0.6 is 23.2 Å². The first-order valence-electron chi connectivity index (χ1n) is 5.59. The molecule has 1 aromatic heterocycles. The molecule has 2 atom stereocenters. The first-order chi connectivity index (χ1) is 8.49. The van der Waals surface area contributed by atoms with Crippen LogP contribution in [0.3, 0.4) is 0 Å². The molecule has 6 heteroatoms. The van der Waals surface area contributed by atoms with Crippen LogP contribution in [0.15, 0.2) is 18.2 Å². The van der Waals surface area contributed by atoms with E-state index in [2.05, 4.69) is 4.98 Å². The molecule has 0 amide bonds. The molecule has 0 N–H and O–H groups in total. The standard InChI is InChI=1S/C12H14Cl2N2OS/c1-8(13)12-15-10-7-9(14)3-4-11(10)16(12)5-6-18(2)17/h3-4,7-8H,5-6H2,1-2H3. The zero-order chi connectivity index (χ0) is 13.3. The van der Waals surface area contributed by atoms with Crippen LogP contribution in [0.1, 0.15) is 18.1 Å². The van der Waals surface area contributed by atoms with Gasteiger partial charge >= 0.3 is 0 Å². The number of rotatable bonds is 4. The Morgan fingerprint density at radius 2 is 2.22 bits per heavy atom. The zero-order valence-electron chi connectivity index (χ0n) is 10.2. The Kier molecular flexibility index (Phi) is 4.30. The summed E-state index contributed by atoms with van der Waals surface area (Å²) >= 11 is 12.1. The van der Waals surface area contributed by atoms with Crippen LogP contribution in [-0.4, -0.2) is 25.8 Å². The van der Waals surface area contributed by atoms with Gasteiger partial charge in [0.1, 0.15) is 5.82 Å². The van der Waals surface area contributed by atoms with Gasteiger partial charge in [0.2, 0.25) is 0 Å². The third-order valence-corrected chi connectivity index (χ3v) is 3.89. The fraction of sp³-hybridized carbons (Fsp3) is 0.417. The molecule has 0 radical (unpaired) electrons. The van der Waals surface area contributed by atoms with Gasteiger partial charge in [0.25, 0.3) is 0 Å². The number of fused-ring (bicyclic) bond motifs is 1. The van der Waals surface area contributed by atoms with E-state index in [1.807, 2.05) is 29.7 Å². The summed E-state index contributed by atoms with van der Waals surface area (Å²) in [5.41, 5.74) is 1.80. The minimum Gasteiger partial charge on any atom is -0.326 e. The van der Waals surface area contributed by atoms with Crippen molar-refractivity contribution in [2.24, 2.45) is 0 Å². The van der Waals surface area contributed by atoms with Crippen LogP contribution in [0.4, 0.5) is 0 Å².